The molecular formula is C17H19BrN2O. The lowest BCUT2D eigenvalue weighted by molar-refractivity contribution is 0.413. The van der Waals surface area contributed by atoms with Crippen molar-refractivity contribution in [3.05, 3.63) is 53.0 Å². The quantitative estimate of drug-likeness (QED) is 0.840. The molecule has 0 N–H and O–H groups in total. The standard InChI is InChI=1S/C17H19BrN2O/c1-21-17-9-5-4-8-16(17)20-12-10-19(11-13-20)15-7-3-2-6-14(15)18/h2-9H,10-13H2,1H3. The summed E-state index contributed by atoms with van der Waals surface area (Å²) in [7, 11) is 1.73. The zero-order chi connectivity index (χ0) is 14.7. The molecule has 1 aliphatic heterocycles. The fraction of sp³-hybridized carbons (Fsp3) is 0.294. The van der Waals surface area contributed by atoms with Crippen molar-refractivity contribution in [3.63, 3.8) is 0 Å². The number of anilines is 2. The molecule has 0 bridgehead atoms. The molecule has 1 heterocycles. The monoisotopic (exact) mass is 346 g/mol. The van der Waals surface area contributed by atoms with Gasteiger partial charge in [-0.25, -0.2) is 0 Å². The van der Waals surface area contributed by atoms with Gasteiger partial charge < -0.3 is 14.5 Å². The first-order valence-electron chi connectivity index (χ1n) is 7.17. The molecule has 0 spiro atoms. The van der Waals surface area contributed by atoms with Gasteiger partial charge in [0.2, 0.25) is 0 Å². The van der Waals surface area contributed by atoms with Gasteiger partial charge in [0.25, 0.3) is 0 Å². The van der Waals surface area contributed by atoms with E-state index in [4.69, 9.17) is 4.74 Å². The molecule has 1 aliphatic rings. The fourth-order valence-electron chi connectivity index (χ4n) is 2.79. The SMILES string of the molecule is COc1ccccc1N1CCN(c2ccccc2Br)CC1. The Morgan fingerprint density at radius 3 is 1.95 bits per heavy atom. The molecule has 0 atom stereocenters. The van der Waals surface area contributed by atoms with E-state index in [1.165, 1.54) is 11.4 Å². The zero-order valence-electron chi connectivity index (χ0n) is 12.1. The van der Waals surface area contributed by atoms with E-state index in [1.54, 1.807) is 7.11 Å². The van der Waals surface area contributed by atoms with Crippen LogP contribution in [0.2, 0.25) is 0 Å². The lowest BCUT2D eigenvalue weighted by Crippen LogP contribution is -2.46. The minimum atomic E-state index is 0.951. The van der Waals surface area contributed by atoms with Crippen LogP contribution in [-0.2, 0) is 0 Å². The van der Waals surface area contributed by atoms with E-state index >= 15 is 0 Å². The van der Waals surface area contributed by atoms with Gasteiger partial charge in [-0.15, -0.1) is 0 Å². The van der Waals surface area contributed by atoms with Crippen molar-refractivity contribution in [2.45, 2.75) is 0 Å². The minimum absolute atomic E-state index is 0.951. The van der Waals surface area contributed by atoms with Crippen molar-refractivity contribution in [2.75, 3.05) is 43.1 Å². The first-order chi connectivity index (χ1) is 10.3. The second-order valence-corrected chi connectivity index (χ2v) is 5.95. The van der Waals surface area contributed by atoms with E-state index in [-0.39, 0.29) is 0 Å². The van der Waals surface area contributed by atoms with Gasteiger partial charge in [0.05, 0.1) is 18.5 Å². The van der Waals surface area contributed by atoms with Crippen LogP contribution < -0.4 is 14.5 Å². The molecule has 0 unspecified atom stereocenters. The number of methoxy groups -OCH3 is 1. The van der Waals surface area contributed by atoms with E-state index in [1.807, 2.05) is 12.1 Å². The molecular weight excluding hydrogens is 328 g/mol. The van der Waals surface area contributed by atoms with E-state index in [2.05, 4.69) is 62.1 Å². The third-order valence-corrected chi connectivity index (χ3v) is 4.57. The van der Waals surface area contributed by atoms with Crippen LogP contribution in [0.5, 0.6) is 5.75 Å². The summed E-state index contributed by atoms with van der Waals surface area (Å²) in [6.07, 6.45) is 0. The van der Waals surface area contributed by atoms with Crippen molar-refractivity contribution in [2.24, 2.45) is 0 Å². The Morgan fingerprint density at radius 1 is 0.810 bits per heavy atom. The predicted octanol–water partition coefficient (Wildman–Crippen LogP) is 3.78. The number of hydrogen-bond donors (Lipinski definition) is 0. The van der Waals surface area contributed by atoms with E-state index in [0.29, 0.717) is 0 Å². The molecule has 110 valence electrons. The number of piperazine rings is 1. The molecule has 3 nitrogen and oxygen atoms in total. The maximum absolute atomic E-state index is 5.47. The molecule has 2 aromatic carbocycles. The van der Waals surface area contributed by atoms with Gasteiger partial charge >= 0.3 is 0 Å². The summed E-state index contributed by atoms with van der Waals surface area (Å²) in [6.45, 7) is 4.03. The van der Waals surface area contributed by atoms with Crippen molar-refractivity contribution >= 4 is 27.3 Å². The third-order valence-electron chi connectivity index (χ3n) is 3.90. The van der Waals surface area contributed by atoms with Gasteiger partial charge in [-0.05, 0) is 40.2 Å². The molecule has 1 saturated heterocycles. The molecule has 0 aromatic heterocycles. The van der Waals surface area contributed by atoms with Crippen molar-refractivity contribution in [1.29, 1.82) is 0 Å². The highest BCUT2D eigenvalue weighted by Crippen LogP contribution is 2.31. The molecule has 21 heavy (non-hydrogen) atoms. The van der Waals surface area contributed by atoms with Gasteiger partial charge in [0.1, 0.15) is 5.75 Å². The maximum Gasteiger partial charge on any atom is 0.142 e. The molecule has 0 radical (unpaired) electrons. The summed E-state index contributed by atoms with van der Waals surface area (Å²) in [5.41, 5.74) is 2.46. The molecule has 2 aromatic rings. The highest BCUT2D eigenvalue weighted by molar-refractivity contribution is 9.10. The Kier molecular flexibility index (Phi) is 4.34. The summed E-state index contributed by atoms with van der Waals surface area (Å²) in [5, 5.41) is 0. The van der Waals surface area contributed by atoms with E-state index < -0.39 is 0 Å². The summed E-state index contributed by atoms with van der Waals surface area (Å²) in [6, 6.07) is 16.6. The van der Waals surface area contributed by atoms with Gasteiger partial charge in [0.15, 0.2) is 0 Å². The van der Waals surface area contributed by atoms with Crippen LogP contribution in [-0.4, -0.2) is 33.3 Å². The third kappa shape index (κ3) is 3.00. The number of halogens is 1. The number of benzene rings is 2. The van der Waals surface area contributed by atoms with Crippen LogP contribution in [0.4, 0.5) is 11.4 Å². The number of ether oxygens (including phenoxy) is 1. The van der Waals surface area contributed by atoms with Crippen molar-refractivity contribution < 1.29 is 4.74 Å². The second kappa shape index (κ2) is 6.39. The largest absolute Gasteiger partial charge is 0.495 e. The Morgan fingerprint density at radius 2 is 1.33 bits per heavy atom. The lowest BCUT2D eigenvalue weighted by Gasteiger charge is -2.38. The highest BCUT2D eigenvalue weighted by atomic mass is 79.9. The predicted molar refractivity (Wildman–Crippen MR) is 91.6 cm³/mol. The van der Waals surface area contributed by atoms with E-state index in [0.717, 1.165) is 36.4 Å². The second-order valence-electron chi connectivity index (χ2n) is 5.10. The molecule has 0 aliphatic carbocycles. The van der Waals surface area contributed by atoms with E-state index in [9.17, 15) is 0 Å². The summed E-state index contributed by atoms with van der Waals surface area (Å²) in [4.78, 5) is 4.82. The number of rotatable bonds is 3. The number of para-hydroxylation sites is 3. The fourth-order valence-corrected chi connectivity index (χ4v) is 3.32. The van der Waals surface area contributed by atoms with Crippen LogP contribution in [0.15, 0.2) is 53.0 Å². The minimum Gasteiger partial charge on any atom is -0.495 e. The van der Waals surface area contributed by atoms with Crippen LogP contribution in [0.25, 0.3) is 0 Å². The maximum atomic E-state index is 5.47. The van der Waals surface area contributed by atoms with Gasteiger partial charge in [-0.1, -0.05) is 24.3 Å². The Hall–Kier alpha value is -1.68. The average Bonchev–Trinajstić information content (AvgIpc) is 2.55. The molecule has 0 saturated carbocycles. The number of hydrogen-bond acceptors (Lipinski definition) is 3. The Labute approximate surface area is 134 Å². The van der Waals surface area contributed by atoms with Gasteiger partial charge in [-0.3, -0.25) is 0 Å². The first kappa shape index (κ1) is 14.3. The molecule has 1 fully saturated rings. The smallest absolute Gasteiger partial charge is 0.142 e. The van der Waals surface area contributed by atoms with Crippen molar-refractivity contribution in [3.8, 4) is 5.75 Å². The first-order valence-corrected chi connectivity index (χ1v) is 7.96. The van der Waals surface area contributed by atoms with Crippen LogP contribution >= 0.6 is 15.9 Å². The normalized spacial score (nSPS) is 15.1. The number of nitrogens with zero attached hydrogens (tertiary/aromatic N) is 2. The van der Waals surface area contributed by atoms with Gasteiger partial charge in [-0.2, -0.15) is 0 Å². The van der Waals surface area contributed by atoms with Crippen LogP contribution in [0.3, 0.4) is 0 Å². The lowest BCUT2D eigenvalue weighted by atomic mass is 10.2. The molecule has 0 amide bonds. The Balaban J connectivity index is 1.72. The highest BCUT2D eigenvalue weighted by Gasteiger charge is 2.20. The summed E-state index contributed by atoms with van der Waals surface area (Å²) in [5.74, 6) is 0.951. The topological polar surface area (TPSA) is 15.7 Å². The van der Waals surface area contributed by atoms with Crippen molar-refractivity contribution in [1.82, 2.24) is 0 Å². The summed E-state index contributed by atoms with van der Waals surface area (Å²) >= 11 is 3.64. The Bertz CT molecular complexity index is 609. The zero-order valence-corrected chi connectivity index (χ0v) is 13.7. The van der Waals surface area contributed by atoms with Gasteiger partial charge in [0, 0.05) is 30.7 Å². The summed E-state index contributed by atoms with van der Waals surface area (Å²) < 4.78 is 6.63. The average molecular weight is 347 g/mol. The van der Waals surface area contributed by atoms with Crippen LogP contribution in [0.1, 0.15) is 0 Å². The molecule has 4 heteroatoms. The molecule has 3 rings (SSSR count). The van der Waals surface area contributed by atoms with Crippen LogP contribution in [0, 0.1) is 0 Å².